The molecule has 0 spiro atoms. The van der Waals surface area contributed by atoms with Gasteiger partial charge < -0.3 is 5.73 Å². The second kappa shape index (κ2) is 4.18. The molecule has 0 atom stereocenters. The molecule has 0 aliphatic carbocycles. The minimum Gasteiger partial charge on any atom is -0.398 e. The van der Waals surface area contributed by atoms with Gasteiger partial charge in [-0.1, -0.05) is 48.0 Å². The third-order valence-corrected chi connectivity index (χ3v) is 2.53. The van der Waals surface area contributed by atoms with Crippen molar-refractivity contribution in [3.63, 3.8) is 0 Å². The first kappa shape index (κ1) is 9.78. The summed E-state index contributed by atoms with van der Waals surface area (Å²) in [5.41, 5.74) is 10.6. The van der Waals surface area contributed by atoms with Gasteiger partial charge in [0.15, 0.2) is 0 Å². The van der Waals surface area contributed by atoms with E-state index in [9.17, 15) is 0 Å². The Morgan fingerprint density at radius 2 is 1.80 bits per heavy atom. The maximum atomic E-state index is 5.91. The van der Waals surface area contributed by atoms with Crippen LogP contribution in [0.2, 0.25) is 0 Å². The van der Waals surface area contributed by atoms with E-state index in [0.29, 0.717) is 0 Å². The molecule has 0 aliphatic heterocycles. The van der Waals surface area contributed by atoms with Crippen molar-refractivity contribution in [2.24, 2.45) is 0 Å². The van der Waals surface area contributed by atoms with Gasteiger partial charge in [-0.25, -0.2) is 0 Å². The Kier molecular flexibility index (Phi) is 2.72. The summed E-state index contributed by atoms with van der Waals surface area (Å²) in [7, 11) is 0. The number of benzene rings is 2. The van der Waals surface area contributed by atoms with Crippen molar-refractivity contribution >= 4 is 5.69 Å². The second-order valence-corrected chi connectivity index (χ2v) is 3.86. The normalized spacial score (nSPS) is 10.2. The number of hydrogen-bond acceptors (Lipinski definition) is 1. The van der Waals surface area contributed by atoms with Crippen LogP contribution >= 0.6 is 0 Å². The number of anilines is 1. The van der Waals surface area contributed by atoms with E-state index < -0.39 is 0 Å². The van der Waals surface area contributed by atoms with E-state index in [1.807, 2.05) is 18.2 Å². The molecule has 0 amide bonds. The zero-order chi connectivity index (χ0) is 10.7. The molecule has 0 fully saturated rings. The van der Waals surface area contributed by atoms with E-state index in [4.69, 9.17) is 5.73 Å². The van der Waals surface area contributed by atoms with Crippen LogP contribution in [0.1, 0.15) is 16.7 Å². The van der Waals surface area contributed by atoms with Gasteiger partial charge in [-0.15, -0.1) is 0 Å². The van der Waals surface area contributed by atoms with Crippen molar-refractivity contribution < 1.29 is 0 Å². The predicted molar refractivity (Wildman–Crippen MR) is 64.8 cm³/mol. The summed E-state index contributed by atoms with van der Waals surface area (Å²) in [4.78, 5) is 0. The van der Waals surface area contributed by atoms with E-state index in [1.165, 1.54) is 16.7 Å². The monoisotopic (exact) mass is 197 g/mol. The molecular formula is C14H15N. The largest absolute Gasteiger partial charge is 0.398 e. The van der Waals surface area contributed by atoms with Gasteiger partial charge in [0.05, 0.1) is 0 Å². The van der Waals surface area contributed by atoms with E-state index >= 15 is 0 Å². The van der Waals surface area contributed by atoms with Crippen molar-refractivity contribution in [1.29, 1.82) is 0 Å². The number of para-hydroxylation sites is 1. The maximum absolute atomic E-state index is 5.91. The molecule has 15 heavy (non-hydrogen) atoms. The highest BCUT2D eigenvalue weighted by Crippen LogP contribution is 2.16. The van der Waals surface area contributed by atoms with Gasteiger partial charge in [-0.3, -0.25) is 0 Å². The van der Waals surface area contributed by atoms with Crippen LogP contribution in [0, 0.1) is 6.92 Å². The van der Waals surface area contributed by atoms with Crippen LogP contribution in [-0.2, 0) is 6.42 Å². The van der Waals surface area contributed by atoms with Crippen LogP contribution in [0.5, 0.6) is 0 Å². The highest BCUT2D eigenvalue weighted by atomic mass is 14.6. The number of aryl methyl sites for hydroxylation is 1. The fourth-order valence-corrected chi connectivity index (χ4v) is 1.74. The molecule has 0 aliphatic rings. The molecule has 2 aromatic rings. The molecule has 0 saturated carbocycles. The number of nitrogen functional groups attached to an aromatic ring is 1. The quantitative estimate of drug-likeness (QED) is 0.735. The average molecular weight is 197 g/mol. The van der Waals surface area contributed by atoms with Gasteiger partial charge in [-0.2, -0.15) is 0 Å². The van der Waals surface area contributed by atoms with Crippen LogP contribution in [0.4, 0.5) is 5.69 Å². The smallest absolute Gasteiger partial charge is 0.0349 e. The Morgan fingerprint density at radius 3 is 2.53 bits per heavy atom. The predicted octanol–water partition coefficient (Wildman–Crippen LogP) is 3.17. The lowest BCUT2D eigenvalue weighted by Gasteiger charge is -2.05. The van der Waals surface area contributed by atoms with Crippen LogP contribution in [0.25, 0.3) is 0 Å². The molecular weight excluding hydrogens is 182 g/mol. The van der Waals surface area contributed by atoms with Crippen LogP contribution in [-0.4, -0.2) is 0 Å². The van der Waals surface area contributed by atoms with Gasteiger partial charge in [0, 0.05) is 5.69 Å². The van der Waals surface area contributed by atoms with Crippen molar-refractivity contribution in [1.82, 2.24) is 0 Å². The molecule has 2 aromatic carbocycles. The van der Waals surface area contributed by atoms with E-state index in [0.717, 1.165) is 12.1 Å². The molecule has 1 heteroatoms. The highest BCUT2D eigenvalue weighted by Gasteiger charge is 1.99. The van der Waals surface area contributed by atoms with E-state index in [-0.39, 0.29) is 0 Å². The minimum absolute atomic E-state index is 0.874. The molecule has 2 rings (SSSR count). The summed E-state index contributed by atoms with van der Waals surface area (Å²) >= 11 is 0. The zero-order valence-corrected chi connectivity index (χ0v) is 8.90. The Morgan fingerprint density at radius 1 is 1.00 bits per heavy atom. The molecule has 0 unspecified atom stereocenters. The van der Waals surface area contributed by atoms with Crippen molar-refractivity contribution in [2.75, 3.05) is 5.73 Å². The van der Waals surface area contributed by atoms with Crippen LogP contribution in [0.3, 0.4) is 0 Å². The van der Waals surface area contributed by atoms with Crippen molar-refractivity contribution in [3.8, 4) is 0 Å². The zero-order valence-electron chi connectivity index (χ0n) is 8.90. The van der Waals surface area contributed by atoms with Gasteiger partial charge in [-0.05, 0) is 30.5 Å². The standard InChI is InChI=1S/C14H15N/c1-11-5-4-6-12(9-11)10-13-7-2-3-8-14(13)15/h2-9H,10,15H2,1H3. The summed E-state index contributed by atoms with van der Waals surface area (Å²) in [6, 6.07) is 16.6. The Labute approximate surface area is 90.6 Å². The third kappa shape index (κ3) is 2.38. The second-order valence-electron chi connectivity index (χ2n) is 3.86. The number of rotatable bonds is 2. The molecule has 76 valence electrons. The molecule has 2 N–H and O–H groups in total. The van der Waals surface area contributed by atoms with Gasteiger partial charge in [0.2, 0.25) is 0 Å². The highest BCUT2D eigenvalue weighted by molar-refractivity contribution is 5.48. The van der Waals surface area contributed by atoms with Crippen molar-refractivity contribution in [3.05, 3.63) is 65.2 Å². The summed E-state index contributed by atoms with van der Waals surface area (Å²) in [6.45, 7) is 2.11. The lowest BCUT2D eigenvalue weighted by Crippen LogP contribution is -1.95. The van der Waals surface area contributed by atoms with Crippen LogP contribution < -0.4 is 5.73 Å². The Bertz CT molecular complexity index is 460. The van der Waals surface area contributed by atoms with Gasteiger partial charge >= 0.3 is 0 Å². The SMILES string of the molecule is Cc1cccc(Cc2ccccc2N)c1. The lowest BCUT2D eigenvalue weighted by atomic mass is 10.0. The van der Waals surface area contributed by atoms with Gasteiger partial charge in [0.1, 0.15) is 0 Å². The molecule has 0 radical (unpaired) electrons. The molecule has 1 nitrogen and oxygen atoms in total. The van der Waals surface area contributed by atoms with E-state index in [2.05, 4.69) is 37.3 Å². The Balaban J connectivity index is 2.26. The minimum atomic E-state index is 0.874. The molecule has 0 aromatic heterocycles. The fourth-order valence-electron chi connectivity index (χ4n) is 1.74. The summed E-state index contributed by atoms with van der Waals surface area (Å²) in [5.74, 6) is 0. The first-order valence-corrected chi connectivity index (χ1v) is 5.14. The fraction of sp³-hybridized carbons (Fsp3) is 0.143. The third-order valence-electron chi connectivity index (χ3n) is 2.53. The van der Waals surface area contributed by atoms with Crippen molar-refractivity contribution in [2.45, 2.75) is 13.3 Å². The summed E-state index contributed by atoms with van der Waals surface area (Å²) < 4.78 is 0. The lowest BCUT2D eigenvalue weighted by molar-refractivity contribution is 1.19. The molecule has 0 heterocycles. The average Bonchev–Trinajstić information content (AvgIpc) is 2.22. The topological polar surface area (TPSA) is 26.0 Å². The van der Waals surface area contributed by atoms with Gasteiger partial charge in [0.25, 0.3) is 0 Å². The molecule has 0 saturated heterocycles. The first-order chi connectivity index (χ1) is 7.25. The molecule has 0 bridgehead atoms. The summed E-state index contributed by atoms with van der Waals surface area (Å²) in [5, 5.41) is 0. The first-order valence-electron chi connectivity index (χ1n) is 5.14. The van der Waals surface area contributed by atoms with Crippen LogP contribution in [0.15, 0.2) is 48.5 Å². The van der Waals surface area contributed by atoms with E-state index in [1.54, 1.807) is 0 Å². The maximum Gasteiger partial charge on any atom is 0.0349 e. The summed E-state index contributed by atoms with van der Waals surface area (Å²) in [6.07, 6.45) is 0.911. The number of nitrogens with two attached hydrogens (primary N) is 1. The number of hydrogen-bond donors (Lipinski definition) is 1. The Hall–Kier alpha value is -1.76.